The van der Waals surface area contributed by atoms with Crippen LogP contribution in [0.3, 0.4) is 0 Å². The molecule has 112 valence electrons. The first kappa shape index (κ1) is 16.4. The van der Waals surface area contributed by atoms with Crippen LogP contribution in [0.4, 0.5) is 4.39 Å². The van der Waals surface area contributed by atoms with Gasteiger partial charge in [0.05, 0.1) is 6.10 Å². The molecule has 4 nitrogen and oxygen atoms in total. The number of nitrogens with two attached hydrogens (primary N) is 1. The third-order valence-electron chi connectivity index (χ3n) is 2.73. The summed E-state index contributed by atoms with van der Waals surface area (Å²) in [7, 11) is 0. The lowest BCUT2D eigenvalue weighted by molar-refractivity contribution is -0.149. The zero-order valence-electron chi connectivity index (χ0n) is 12.2. The SMILES string of the molecule is CCC(N)Cc1ccc(OCC(=O)OC(C)C)c(F)c1. The summed E-state index contributed by atoms with van der Waals surface area (Å²) >= 11 is 0. The van der Waals surface area contributed by atoms with Crippen LogP contribution in [0.1, 0.15) is 32.8 Å². The van der Waals surface area contributed by atoms with Crippen molar-refractivity contribution in [2.45, 2.75) is 45.8 Å². The molecule has 0 fully saturated rings. The fourth-order valence-corrected chi connectivity index (χ4v) is 1.67. The first-order valence-electron chi connectivity index (χ1n) is 6.78. The lowest BCUT2D eigenvalue weighted by atomic mass is 10.0. The van der Waals surface area contributed by atoms with Gasteiger partial charge in [0.2, 0.25) is 0 Å². The summed E-state index contributed by atoms with van der Waals surface area (Å²) in [6, 6.07) is 4.66. The first-order chi connectivity index (χ1) is 9.42. The Kier molecular flexibility index (Phi) is 6.45. The smallest absolute Gasteiger partial charge is 0.344 e. The highest BCUT2D eigenvalue weighted by Gasteiger charge is 2.11. The lowest BCUT2D eigenvalue weighted by Crippen LogP contribution is -2.21. The van der Waals surface area contributed by atoms with Gasteiger partial charge in [-0.05, 0) is 44.4 Å². The van der Waals surface area contributed by atoms with Crippen LogP contribution in [-0.4, -0.2) is 24.7 Å². The van der Waals surface area contributed by atoms with Gasteiger partial charge < -0.3 is 15.2 Å². The molecule has 1 rings (SSSR count). The van der Waals surface area contributed by atoms with Gasteiger partial charge in [-0.15, -0.1) is 0 Å². The number of rotatable bonds is 7. The van der Waals surface area contributed by atoms with Crippen LogP contribution in [0.5, 0.6) is 5.75 Å². The molecule has 0 saturated carbocycles. The summed E-state index contributed by atoms with van der Waals surface area (Å²) in [4.78, 5) is 11.3. The average Bonchev–Trinajstić information content (AvgIpc) is 2.36. The third kappa shape index (κ3) is 5.57. The number of carbonyl (C=O) groups excluding carboxylic acids is 1. The molecule has 0 aromatic heterocycles. The van der Waals surface area contributed by atoms with Crippen LogP contribution >= 0.6 is 0 Å². The predicted molar refractivity (Wildman–Crippen MR) is 75.1 cm³/mol. The number of hydrogen-bond acceptors (Lipinski definition) is 4. The lowest BCUT2D eigenvalue weighted by Gasteiger charge is -2.12. The molecule has 1 unspecified atom stereocenters. The van der Waals surface area contributed by atoms with Gasteiger partial charge in [0.25, 0.3) is 0 Å². The van der Waals surface area contributed by atoms with Crippen molar-refractivity contribution >= 4 is 5.97 Å². The van der Waals surface area contributed by atoms with Gasteiger partial charge in [0.15, 0.2) is 18.2 Å². The maximum Gasteiger partial charge on any atom is 0.344 e. The van der Waals surface area contributed by atoms with E-state index < -0.39 is 11.8 Å². The van der Waals surface area contributed by atoms with E-state index in [0.29, 0.717) is 6.42 Å². The summed E-state index contributed by atoms with van der Waals surface area (Å²) in [5, 5.41) is 0. The Labute approximate surface area is 119 Å². The third-order valence-corrected chi connectivity index (χ3v) is 2.73. The van der Waals surface area contributed by atoms with E-state index in [2.05, 4.69) is 0 Å². The molecule has 0 saturated heterocycles. The van der Waals surface area contributed by atoms with Crippen LogP contribution in [-0.2, 0) is 16.0 Å². The zero-order chi connectivity index (χ0) is 15.1. The summed E-state index contributed by atoms with van der Waals surface area (Å²) < 4.78 is 23.8. The monoisotopic (exact) mass is 283 g/mol. The standard InChI is InChI=1S/C15H22FNO3/c1-4-12(17)7-11-5-6-14(13(16)8-11)19-9-15(18)20-10(2)3/h5-6,8,10,12H,4,7,9,17H2,1-3H3. The maximum absolute atomic E-state index is 13.8. The van der Waals surface area contributed by atoms with E-state index in [9.17, 15) is 9.18 Å². The molecule has 0 spiro atoms. The van der Waals surface area contributed by atoms with E-state index in [0.717, 1.165) is 12.0 Å². The Morgan fingerprint density at radius 2 is 2.10 bits per heavy atom. The van der Waals surface area contributed by atoms with Gasteiger partial charge >= 0.3 is 5.97 Å². The van der Waals surface area contributed by atoms with Crippen molar-refractivity contribution in [3.05, 3.63) is 29.6 Å². The van der Waals surface area contributed by atoms with Crippen LogP contribution in [0.15, 0.2) is 18.2 Å². The fraction of sp³-hybridized carbons (Fsp3) is 0.533. The minimum atomic E-state index is -0.517. The molecule has 5 heteroatoms. The number of halogens is 1. The molecule has 0 heterocycles. The van der Waals surface area contributed by atoms with Gasteiger partial charge in [-0.2, -0.15) is 0 Å². The fourth-order valence-electron chi connectivity index (χ4n) is 1.67. The normalized spacial score (nSPS) is 12.3. The van der Waals surface area contributed by atoms with Crippen molar-refractivity contribution in [2.24, 2.45) is 5.73 Å². The molecular formula is C15H22FNO3. The predicted octanol–water partition coefficient (Wildman–Crippen LogP) is 2.44. The van der Waals surface area contributed by atoms with Crippen molar-refractivity contribution in [1.82, 2.24) is 0 Å². The highest BCUT2D eigenvalue weighted by atomic mass is 19.1. The van der Waals surface area contributed by atoms with Crippen molar-refractivity contribution in [2.75, 3.05) is 6.61 Å². The van der Waals surface area contributed by atoms with Gasteiger partial charge in [-0.3, -0.25) is 0 Å². The number of carbonyl (C=O) groups is 1. The minimum absolute atomic E-state index is 0.0159. The van der Waals surface area contributed by atoms with E-state index in [4.69, 9.17) is 15.2 Å². The molecule has 0 bridgehead atoms. The van der Waals surface area contributed by atoms with Crippen LogP contribution in [0.2, 0.25) is 0 Å². The number of esters is 1. The maximum atomic E-state index is 13.8. The summed E-state index contributed by atoms with van der Waals surface area (Å²) in [6.07, 6.45) is 1.23. The molecule has 1 aromatic carbocycles. The van der Waals surface area contributed by atoms with Crippen molar-refractivity contribution < 1.29 is 18.7 Å². The Hall–Kier alpha value is -1.62. The molecule has 1 atom stereocenters. The second-order valence-electron chi connectivity index (χ2n) is 4.96. The zero-order valence-corrected chi connectivity index (χ0v) is 12.2. The van der Waals surface area contributed by atoms with E-state index in [1.54, 1.807) is 19.9 Å². The first-order valence-corrected chi connectivity index (χ1v) is 6.78. The molecular weight excluding hydrogens is 261 g/mol. The molecule has 0 aliphatic heterocycles. The molecule has 1 aromatic rings. The molecule has 0 radical (unpaired) electrons. The topological polar surface area (TPSA) is 61.5 Å². The Balaban J connectivity index is 2.57. The quantitative estimate of drug-likeness (QED) is 0.781. The van der Waals surface area contributed by atoms with Gasteiger partial charge in [-0.1, -0.05) is 13.0 Å². The average molecular weight is 283 g/mol. The number of ether oxygens (including phenoxy) is 2. The number of benzene rings is 1. The van der Waals surface area contributed by atoms with Crippen LogP contribution in [0.25, 0.3) is 0 Å². The van der Waals surface area contributed by atoms with Gasteiger partial charge in [-0.25, -0.2) is 9.18 Å². The van der Waals surface area contributed by atoms with Gasteiger partial charge in [0.1, 0.15) is 0 Å². The Bertz CT molecular complexity index is 449. The van der Waals surface area contributed by atoms with Crippen molar-refractivity contribution in [1.29, 1.82) is 0 Å². The molecule has 20 heavy (non-hydrogen) atoms. The van der Waals surface area contributed by atoms with E-state index in [1.807, 2.05) is 6.92 Å². The molecule has 0 aliphatic carbocycles. The van der Waals surface area contributed by atoms with Crippen molar-refractivity contribution in [3.63, 3.8) is 0 Å². The molecule has 0 aliphatic rings. The summed E-state index contributed by atoms with van der Waals surface area (Å²) in [6.45, 7) is 5.16. The largest absolute Gasteiger partial charge is 0.479 e. The van der Waals surface area contributed by atoms with Crippen LogP contribution in [0, 0.1) is 5.82 Å². The Morgan fingerprint density at radius 1 is 1.40 bits per heavy atom. The summed E-state index contributed by atoms with van der Waals surface area (Å²) in [5.41, 5.74) is 6.64. The minimum Gasteiger partial charge on any atom is -0.479 e. The number of hydrogen-bond donors (Lipinski definition) is 1. The van der Waals surface area contributed by atoms with E-state index in [1.165, 1.54) is 12.1 Å². The highest BCUT2D eigenvalue weighted by Crippen LogP contribution is 2.19. The van der Waals surface area contributed by atoms with E-state index >= 15 is 0 Å². The highest BCUT2D eigenvalue weighted by molar-refractivity contribution is 5.71. The van der Waals surface area contributed by atoms with Gasteiger partial charge in [0, 0.05) is 6.04 Å². The second kappa shape index (κ2) is 7.85. The molecule has 0 amide bonds. The van der Waals surface area contributed by atoms with Crippen LogP contribution < -0.4 is 10.5 Å². The van der Waals surface area contributed by atoms with E-state index in [-0.39, 0.29) is 24.5 Å². The Morgan fingerprint density at radius 3 is 2.65 bits per heavy atom. The summed E-state index contributed by atoms with van der Waals surface area (Å²) in [5.74, 6) is -0.973. The van der Waals surface area contributed by atoms with Crippen molar-refractivity contribution in [3.8, 4) is 5.75 Å². The molecule has 2 N–H and O–H groups in total. The second-order valence-corrected chi connectivity index (χ2v) is 4.96.